The van der Waals surface area contributed by atoms with Crippen LogP contribution < -0.4 is 26.3 Å². The highest BCUT2D eigenvalue weighted by Gasteiger charge is 2.17. The molecule has 0 aliphatic carbocycles. The molecule has 3 rings (SSSR count). The van der Waals surface area contributed by atoms with E-state index in [0.717, 1.165) is 0 Å². The van der Waals surface area contributed by atoms with Crippen LogP contribution in [0.1, 0.15) is 11.3 Å². The standard InChI is InChI=1S/C21H21N5O4S/c1-4-17(22-13-27)19-15(3)23-21(24-19)26-14(2)10-11-18(20(26)28)25-31(29,30)12-16-8-6-5-7-9-16/h4-11,13,25H,1,3,12H2,2H3,(H,22,27)(H,23,24). The minimum atomic E-state index is -3.82. The van der Waals surface area contributed by atoms with Crippen LogP contribution in [0.5, 0.6) is 0 Å². The topological polar surface area (TPSA) is 126 Å². The zero-order valence-corrected chi connectivity index (χ0v) is 17.6. The maximum Gasteiger partial charge on any atom is 0.281 e. The Kier molecular flexibility index (Phi) is 6.21. The molecule has 0 unspecified atom stereocenters. The second-order valence-corrected chi connectivity index (χ2v) is 8.37. The largest absolute Gasteiger partial charge is 0.327 e. The molecular formula is C21H21N5O4S. The molecule has 31 heavy (non-hydrogen) atoms. The van der Waals surface area contributed by atoms with Gasteiger partial charge < -0.3 is 10.3 Å². The minimum Gasteiger partial charge on any atom is -0.327 e. The summed E-state index contributed by atoms with van der Waals surface area (Å²) in [7, 11) is -3.82. The summed E-state index contributed by atoms with van der Waals surface area (Å²) in [5.41, 5.74) is 0.687. The van der Waals surface area contributed by atoms with Gasteiger partial charge in [-0.1, -0.05) is 43.5 Å². The minimum absolute atomic E-state index is 0.121. The fourth-order valence-corrected chi connectivity index (χ4v) is 4.17. The number of aromatic amines is 1. The number of hydrogen-bond acceptors (Lipinski definition) is 5. The summed E-state index contributed by atoms with van der Waals surface area (Å²) in [6.45, 7) is 9.13. The first-order valence-corrected chi connectivity index (χ1v) is 10.8. The number of imidazole rings is 1. The Labute approximate surface area is 178 Å². The Bertz CT molecular complexity index is 1410. The SMILES string of the molecule is C=CC(NC=O)=c1nc(-n2c(C)ccc(NS(=O)(=O)Cc3ccccc3)c2=O)[nH]c1=C. The third-order valence-corrected chi connectivity index (χ3v) is 5.64. The Morgan fingerprint density at radius 2 is 1.94 bits per heavy atom. The third kappa shape index (κ3) is 4.81. The summed E-state index contributed by atoms with van der Waals surface area (Å²) in [6.07, 6.45) is 1.87. The van der Waals surface area contributed by atoms with Crippen molar-refractivity contribution in [1.82, 2.24) is 19.9 Å². The van der Waals surface area contributed by atoms with Crippen LogP contribution in [0, 0.1) is 6.92 Å². The van der Waals surface area contributed by atoms with E-state index in [9.17, 15) is 18.0 Å². The van der Waals surface area contributed by atoms with Crippen LogP contribution in [0.2, 0.25) is 0 Å². The van der Waals surface area contributed by atoms with Crippen LogP contribution in [-0.4, -0.2) is 29.4 Å². The number of pyridine rings is 1. The first-order chi connectivity index (χ1) is 14.8. The number of benzene rings is 1. The van der Waals surface area contributed by atoms with Crippen molar-refractivity contribution in [2.45, 2.75) is 12.7 Å². The van der Waals surface area contributed by atoms with Crippen LogP contribution in [-0.2, 0) is 20.6 Å². The van der Waals surface area contributed by atoms with Crippen molar-refractivity contribution in [1.29, 1.82) is 0 Å². The molecule has 0 fully saturated rings. The van der Waals surface area contributed by atoms with E-state index in [-0.39, 0.29) is 17.4 Å². The van der Waals surface area contributed by atoms with Crippen LogP contribution >= 0.6 is 0 Å². The average Bonchev–Trinajstić information content (AvgIpc) is 3.09. The molecule has 9 nitrogen and oxygen atoms in total. The molecule has 2 heterocycles. The number of amides is 1. The lowest BCUT2D eigenvalue weighted by atomic mass is 10.2. The van der Waals surface area contributed by atoms with Crippen molar-refractivity contribution in [3.05, 3.63) is 87.4 Å². The maximum atomic E-state index is 13.1. The predicted molar refractivity (Wildman–Crippen MR) is 119 cm³/mol. The van der Waals surface area contributed by atoms with Crippen LogP contribution in [0.3, 0.4) is 0 Å². The van der Waals surface area contributed by atoms with Gasteiger partial charge in [0.15, 0.2) is 0 Å². The van der Waals surface area contributed by atoms with Crippen molar-refractivity contribution in [2.24, 2.45) is 0 Å². The van der Waals surface area contributed by atoms with Gasteiger partial charge in [0.1, 0.15) is 11.0 Å². The highest BCUT2D eigenvalue weighted by atomic mass is 32.2. The van der Waals surface area contributed by atoms with E-state index in [1.165, 1.54) is 16.7 Å². The van der Waals surface area contributed by atoms with E-state index < -0.39 is 15.6 Å². The highest BCUT2D eigenvalue weighted by molar-refractivity contribution is 7.91. The molecule has 1 amide bonds. The predicted octanol–water partition coefficient (Wildman–Crippen LogP) is 0.261. The van der Waals surface area contributed by atoms with Crippen molar-refractivity contribution >= 4 is 34.4 Å². The molecule has 1 aromatic carbocycles. The molecule has 0 bridgehead atoms. The second kappa shape index (κ2) is 8.84. The zero-order valence-electron chi connectivity index (χ0n) is 16.8. The molecule has 0 atom stereocenters. The van der Waals surface area contributed by atoms with E-state index >= 15 is 0 Å². The number of anilines is 1. The van der Waals surface area contributed by atoms with Crippen molar-refractivity contribution < 1.29 is 13.2 Å². The number of sulfonamides is 1. The molecule has 0 aliphatic rings. The van der Waals surface area contributed by atoms with Gasteiger partial charge in [-0.3, -0.25) is 14.3 Å². The Hall–Kier alpha value is -3.92. The molecule has 3 aromatic rings. The van der Waals surface area contributed by atoms with Crippen LogP contribution in [0.4, 0.5) is 5.69 Å². The lowest BCUT2D eigenvalue weighted by Crippen LogP contribution is -2.30. The van der Waals surface area contributed by atoms with Gasteiger partial charge >= 0.3 is 0 Å². The molecule has 0 radical (unpaired) electrons. The van der Waals surface area contributed by atoms with E-state index in [1.54, 1.807) is 43.3 Å². The van der Waals surface area contributed by atoms with E-state index in [0.29, 0.717) is 34.1 Å². The molecule has 0 saturated carbocycles. The number of carbonyl (C=O) groups is 1. The number of aromatic nitrogens is 3. The quantitative estimate of drug-likeness (QED) is 0.434. The summed E-state index contributed by atoms with van der Waals surface area (Å²) in [5, 5.41) is 3.12. The Morgan fingerprint density at radius 3 is 2.58 bits per heavy atom. The molecule has 3 N–H and O–H groups in total. The van der Waals surface area contributed by atoms with Crippen molar-refractivity contribution in [2.75, 3.05) is 4.72 Å². The molecule has 2 aromatic heterocycles. The van der Waals surface area contributed by atoms with Crippen molar-refractivity contribution in [3.63, 3.8) is 0 Å². The van der Waals surface area contributed by atoms with Gasteiger partial charge in [-0.05, 0) is 30.7 Å². The summed E-state index contributed by atoms with van der Waals surface area (Å²) in [6, 6.07) is 11.6. The Morgan fingerprint density at radius 1 is 1.23 bits per heavy atom. The summed E-state index contributed by atoms with van der Waals surface area (Å²) >= 11 is 0. The summed E-state index contributed by atoms with van der Waals surface area (Å²) in [5.74, 6) is -0.150. The highest BCUT2D eigenvalue weighted by Crippen LogP contribution is 2.11. The van der Waals surface area contributed by atoms with E-state index in [2.05, 4.69) is 33.2 Å². The zero-order chi connectivity index (χ0) is 22.6. The number of H-pyrrole nitrogens is 1. The van der Waals surface area contributed by atoms with Gasteiger partial charge in [-0.2, -0.15) is 0 Å². The fraction of sp³-hybridized carbons (Fsp3) is 0.0952. The lowest BCUT2D eigenvalue weighted by Gasteiger charge is -2.11. The Balaban J connectivity index is 2.05. The average molecular weight is 439 g/mol. The number of hydrogen-bond donors (Lipinski definition) is 3. The summed E-state index contributed by atoms with van der Waals surface area (Å²) in [4.78, 5) is 31.1. The van der Waals surface area contributed by atoms with Crippen LogP contribution in [0.25, 0.3) is 18.2 Å². The van der Waals surface area contributed by atoms with Gasteiger partial charge in [0.2, 0.25) is 22.4 Å². The first kappa shape index (κ1) is 21.8. The van der Waals surface area contributed by atoms with Crippen molar-refractivity contribution in [3.8, 4) is 5.95 Å². The number of rotatable bonds is 8. The third-order valence-electron chi connectivity index (χ3n) is 4.39. The first-order valence-electron chi connectivity index (χ1n) is 9.15. The van der Waals surface area contributed by atoms with E-state index in [4.69, 9.17) is 0 Å². The van der Waals surface area contributed by atoms with Gasteiger partial charge in [0.25, 0.3) is 5.56 Å². The monoisotopic (exact) mass is 439 g/mol. The summed E-state index contributed by atoms with van der Waals surface area (Å²) < 4.78 is 28.7. The number of nitrogens with one attached hydrogen (secondary N) is 3. The molecule has 10 heteroatoms. The van der Waals surface area contributed by atoms with E-state index in [1.807, 2.05) is 0 Å². The van der Waals surface area contributed by atoms with Crippen LogP contribution in [0.15, 0.2) is 59.9 Å². The molecule has 0 saturated heterocycles. The van der Waals surface area contributed by atoms with Gasteiger partial charge in [-0.25, -0.2) is 18.0 Å². The molecule has 0 aliphatic heterocycles. The molecule has 0 spiro atoms. The normalized spacial score (nSPS) is 12.2. The second-order valence-electron chi connectivity index (χ2n) is 6.64. The number of carbonyl (C=O) groups excluding carboxylic acids is 1. The molecular weight excluding hydrogens is 418 g/mol. The lowest BCUT2D eigenvalue weighted by molar-refractivity contribution is -0.108. The number of aryl methyl sites for hydroxylation is 1. The fourth-order valence-electron chi connectivity index (χ4n) is 2.98. The smallest absolute Gasteiger partial charge is 0.281 e. The molecule has 160 valence electrons. The van der Waals surface area contributed by atoms with Gasteiger partial charge in [0.05, 0.1) is 16.8 Å². The number of nitrogens with zero attached hydrogens (tertiary/aromatic N) is 2. The van der Waals surface area contributed by atoms with Gasteiger partial charge in [0, 0.05) is 5.69 Å². The maximum absolute atomic E-state index is 13.1. The van der Waals surface area contributed by atoms with Gasteiger partial charge in [-0.15, -0.1) is 0 Å².